The predicted octanol–water partition coefficient (Wildman–Crippen LogP) is 3.01. The Hall–Kier alpha value is -0.990. The molecule has 0 heterocycles. The molecule has 0 aromatic heterocycles. The lowest BCUT2D eigenvalue weighted by Crippen LogP contribution is -2.36. The molecule has 1 aromatic carbocycles. The average Bonchev–Trinajstić information content (AvgIpc) is 2.34. The fourth-order valence-corrected chi connectivity index (χ4v) is 1.43. The molecular formula is C12H17F3IN3. The summed E-state index contributed by atoms with van der Waals surface area (Å²) in [6.07, 6.45) is -4.31. The van der Waals surface area contributed by atoms with Crippen molar-refractivity contribution in [2.24, 2.45) is 4.99 Å². The number of aliphatic imine (C=N–C) groups is 1. The summed E-state index contributed by atoms with van der Waals surface area (Å²) in [7, 11) is 1.61. The van der Waals surface area contributed by atoms with Crippen molar-refractivity contribution >= 4 is 29.9 Å². The van der Waals surface area contributed by atoms with E-state index in [1.807, 2.05) is 6.92 Å². The summed E-state index contributed by atoms with van der Waals surface area (Å²) in [6.45, 7) is 2.91. The van der Waals surface area contributed by atoms with Crippen LogP contribution in [0.3, 0.4) is 0 Å². The van der Waals surface area contributed by atoms with Gasteiger partial charge in [0.15, 0.2) is 5.96 Å². The van der Waals surface area contributed by atoms with Crippen LogP contribution in [0.25, 0.3) is 0 Å². The second-order valence-corrected chi connectivity index (χ2v) is 3.65. The average molecular weight is 387 g/mol. The molecule has 0 saturated heterocycles. The molecule has 0 saturated carbocycles. The first-order valence-corrected chi connectivity index (χ1v) is 5.58. The van der Waals surface area contributed by atoms with Crippen LogP contribution < -0.4 is 10.6 Å². The van der Waals surface area contributed by atoms with Gasteiger partial charge in [-0.1, -0.05) is 12.1 Å². The SMILES string of the molecule is CCNC(=NC)NCc1cccc(C(F)(F)F)c1.I. The van der Waals surface area contributed by atoms with Crippen molar-refractivity contribution in [1.29, 1.82) is 0 Å². The van der Waals surface area contributed by atoms with Crippen molar-refractivity contribution in [3.05, 3.63) is 35.4 Å². The number of halogens is 4. The standard InChI is InChI=1S/C12H16F3N3.HI/c1-3-17-11(16-2)18-8-9-5-4-6-10(7-9)12(13,14)15;/h4-7H,3,8H2,1-2H3,(H2,16,17,18);1H. The monoisotopic (exact) mass is 387 g/mol. The van der Waals surface area contributed by atoms with Gasteiger partial charge in [0, 0.05) is 20.1 Å². The van der Waals surface area contributed by atoms with Gasteiger partial charge < -0.3 is 10.6 Å². The number of hydrogen-bond donors (Lipinski definition) is 2. The molecule has 0 bridgehead atoms. The second-order valence-electron chi connectivity index (χ2n) is 3.65. The first-order chi connectivity index (χ1) is 8.47. The predicted molar refractivity (Wildman–Crippen MR) is 80.7 cm³/mol. The minimum absolute atomic E-state index is 0. The minimum atomic E-state index is -4.31. The lowest BCUT2D eigenvalue weighted by Gasteiger charge is -2.12. The Labute approximate surface area is 127 Å². The van der Waals surface area contributed by atoms with Crippen molar-refractivity contribution in [3.8, 4) is 0 Å². The van der Waals surface area contributed by atoms with E-state index in [1.165, 1.54) is 6.07 Å². The van der Waals surface area contributed by atoms with Crippen LogP contribution in [0.5, 0.6) is 0 Å². The normalized spacial score (nSPS) is 11.7. The molecule has 0 aliphatic heterocycles. The van der Waals surface area contributed by atoms with E-state index in [4.69, 9.17) is 0 Å². The number of rotatable bonds is 3. The van der Waals surface area contributed by atoms with Crippen LogP contribution in [0, 0.1) is 0 Å². The Bertz CT molecular complexity index is 419. The fourth-order valence-electron chi connectivity index (χ4n) is 1.43. The van der Waals surface area contributed by atoms with Gasteiger partial charge in [0.2, 0.25) is 0 Å². The smallest absolute Gasteiger partial charge is 0.357 e. The Morgan fingerprint density at radius 3 is 2.47 bits per heavy atom. The summed E-state index contributed by atoms with van der Waals surface area (Å²) in [5.74, 6) is 0.565. The Kier molecular flexibility index (Phi) is 7.81. The van der Waals surface area contributed by atoms with Crippen LogP contribution in [0.1, 0.15) is 18.1 Å². The molecule has 19 heavy (non-hydrogen) atoms. The zero-order valence-corrected chi connectivity index (χ0v) is 13.0. The van der Waals surface area contributed by atoms with E-state index in [-0.39, 0.29) is 24.0 Å². The quantitative estimate of drug-likeness (QED) is 0.476. The zero-order chi connectivity index (χ0) is 13.6. The van der Waals surface area contributed by atoms with E-state index in [9.17, 15) is 13.2 Å². The third kappa shape index (κ3) is 6.13. The van der Waals surface area contributed by atoms with Gasteiger partial charge in [-0.15, -0.1) is 24.0 Å². The molecule has 0 radical (unpaired) electrons. The number of nitrogens with zero attached hydrogens (tertiary/aromatic N) is 1. The lowest BCUT2D eigenvalue weighted by atomic mass is 10.1. The van der Waals surface area contributed by atoms with Crippen molar-refractivity contribution in [3.63, 3.8) is 0 Å². The van der Waals surface area contributed by atoms with E-state index < -0.39 is 11.7 Å². The topological polar surface area (TPSA) is 36.4 Å². The number of guanidine groups is 1. The highest BCUT2D eigenvalue weighted by molar-refractivity contribution is 14.0. The molecule has 0 fully saturated rings. The van der Waals surface area contributed by atoms with Crippen LogP contribution >= 0.6 is 24.0 Å². The van der Waals surface area contributed by atoms with Crippen molar-refractivity contribution < 1.29 is 13.2 Å². The molecule has 1 rings (SSSR count). The van der Waals surface area contributed by atoms with Gasteiger partial charge in [0.1, 0.15) is 0 Å². The highest BCUT2D eigenvalue weighted by Gasteiger charge is 2.30. The lowest BCUT2D eigenvalue weighted by molar-refractivity contribution is -0.137. The van der Waals surface area contributed by atoms with E-state index in [0.29, 0.717) is 24.6 Å². The highest BCUT2D eigenvalue weighted by Crippen LogP contribution is 2.29. The molecule has 0 aliphatic rings. The Morgan fingerprint density at radius 1 is 1.26 bits per heavy atom. The number of benzene rings is 1. The molecule has 0 amide bonds. The maximum absolute atomic E-state index is 12.5. The highest BCUT2D eigenvalue weighted by atomic mass is 127. The maximum Gasteiger partial charge on any atom is 0.416 e. The summed E-state index contributed by atoms with van der Waals surface area (Å²) >= 11 is 0. The third-order valence-electron chi connectivity index (χ3n) is 2.28. The van der Waals surface area contributed by atoms with Gasteiger partial charge in [-0.2, -0.15) is 13.2 Å². The first kappa shape index (κ1) is 18.0. The van der Waals surface area contributed by atoms with E-state index >= 15 is 0 Å². The summed E-state index contributed by atoms with van der Waals surface area (Å²) in [6, 6.07) is 5.23. The van der Waals surface area contributed by atoms with E-state index in [1.54, 1.807) is 13.1 Å². The third-order valence-corrected chi connectivity index (χ3v) is 2.28. The maximum atomic E-state index is 12.5. The number of nitrogens with one attached hydrogen (secondary N) is 2. The molecule has 0 unspecified atom stereocenters. The molecule has 1 aromatic rings. The molecular weight excluding hydrogens is 370 g/mol. The summed E-state index contributed by atoms with van der Waals surface area (Å²) < 4.78 is 37.5. The van der Waals surface area contributed by atoms with Crippen LogP contribution in [-0.2, 0) is 12.7 Å². The molecule has 108 valence electrons. The molecule has 3 nitrogen and oxygen atoms in total. The molecule has 0 aliphatic carbocycles. The first-order valence-electron chi connectivity index (χ1n) is 5.58. The van der Waals surface area contributed by atoms with Crippen LogP contribution in [0.4, 0.5) is 13.2 Å². The Morgan fingerprint density at radius 2 is 1.95 bits per heavy atom. The van der Waals surface area contributed by atoms with Gasteiger partial charge >= 0.3 is 6.18 Å². The van der Waals surface area contributed by atoms with Crippen molar-refractivity contribution in [2.45, 2.75) is 19.6 Å². The zero-order valence-electron chi connectivity index (χ0n) is 10.7. The van der Waals surface area contributed by atoms with E-state index in [2.05, 4.69) is 15.6 Å². The molecule has 2 N–H and O–H groups in total. The van der Waals surface area contributed by atoms with Crippen LogP contribution in [0.2, 0.25) is 0 Å². The van der Waals surface area contributed by atoms with Crippen molar-refractivity contribution in [1.82, 2.24) is 10.6 Å². The Balaban J connectivity index is 0.00000324. The van der Waals surface area contributed by atoms with Gasteiger partial charge in [0.05, 0.1) is 5.56 Å². The summed E-state index contributed by atoms with van der Waals surface area (Å²) in [5.41, 5.74) is -0.0795. The minimum Gasteiger partial charge on any atom is -0.357 e. The van der Waals surface area contributed by atoms with Crippen LogP contribution in [-0.4, -0.2) is 19.6 Å². The molecule has 7 heteroatoms. The van der Waals surface area contributed by atoms with Gasteiger partial charge in [-0.05, 0) is 24.6 Å². The van der Waals surface area contributed by atoms with Gasteiger partial charge in [-0.25, -0.2) is 0 Å². The number of hydrogen-bond acceptors (Lipinski definition) is 1. The van der Waals surface area contributed by atoms with Crippen molar-refractivity contribution in [2.75, 3.05) is 13.6 Å². The fraction of sp³-hybridized carbons (Fsp3) is 0.417. The van der Waals surface area contributed by atoms with Gasteiger partial charge in [-0.3, -0.25) is 4.99 Å². The van der Waals surface area contributed by atoms with E-state index in [0.717, 1.165) is 12.1 Å². The second kappa shape index (κ2) is 8.23. The largest absolute Gasteiger partial charge is 0.416 e. The summed E-state index contributed by atoms with van der Waals surface area (Å²) in [5, 5.41) is 5.90. The summed E-state index contributed by atoms with van der Waals surface area (Å²) in [4.78, 5) is 3.94. The number of alkyl halides is 3. The van der Waals surface area contributed by atoms with Gasteiger partial charge in [0.25, 0.3) is 0 Å². The molecule has 0 atom stereocenters. The molecule has 0 spiro atoms. The van der Waals surface area contributed by atoms with Crippen LogP contribution in [0.15, 0.2) is 29.3 Å².